The van der Waals surface area contributed by atoms with Crippen molar-refractivity contribution in [2.45, 2.75) is 45.7 Å². The van der Waals surface area contributed by atoms with Crippen molar-refractivity contribution in [3.63, 3.8) is 0 Å². The van der Waals surface area contributed by atoms with Gasteiger partial charge in [0.25, 0.3) is 0 Å². The van der Waals surface area contributed by atoms with E-state index in [9.17, 15) is 0 Å². The number of hydrogen-bond donors (Lipinski definition) is 0. The maximum absolute atomic E-state index is 6.53. The van der Waals surface area contributed by atoms with E-state index in [-0.39, 0.29) is 16.5 Å². The van der Waals surface area contributed by atoms with Gasteiger partial charge in [-0.15, -0.1) is 0 Å². The second kappa shape index (κ2) is 10.9. The Morgan fingerprint density at radius 2 is 1.25 bits per heavy atom. The molecule has 0 bridgehead atoms. The second-order valence-electron chi connectivity index (χ2n) is 13.5. The first-order valence-corrected chi connectivity index (χ1v) is 17.9. The predicted molar refractivity (Wildman–Crippen MR) is 189 cm³/mol. The summed E-state index contributed by atoms with van der Waals surface area (Å²) in [5.74, 6) is 1.92. The molecule has 0 fully saturated rings. The minimum absolute atomic E-state index is 0.0639. The van der Waals surface area contributed by atoms with Crippen LogP contribution < -0.4 is 10.4 Å². The maximum atomic E-state index is 6.53. The first kappa shape index (κ1) is 28.4. The van der Waals surface area contributed by atoms with E-state index < -0.39 is 8.07 Å². The van der Waals surface area contributed by atoms with Crippen molar-refractivity contribution in [1.82, 2.24) is 0 Å². The van der Waals surface area contributed by atoms with Gasteiger partial charge in [0.15, 0.2) is 0 Å². The molecule has 0 amide bonds. The number of rotatable bonds is 6. The van der Waals surface area contributed by atoms with Crippen LogP contribution in [0.5, 0.6) is 0 Å². The first-order chi connectivity index (χ1) is 21.3. The Hall–Kier alpha value is -4.40. The zero-order valence-corrected chi connectivity index (χ0v) is 27.3. The zero-order valence-electron chi connectivity index (χ0n) is 26.3. The van der Waals surface area contributed by atoms with Crippen LogP contribution in [0.4, 0.5) is 0 Å². The summed E-state index contributed by atoms with van der Waals surface area (Å²) in [6, 6.07) is 44.9. The molecule has 1 nitrogen and oxygen atoms in total. The SMILES string of the molecule is CC1=CC(C(C)(C)C)=CC1[Si](c1ccccc1)(c1ccccc1)C1C(c2ccc(C)o2)=Cc2c(-c3ccccc3)cccc21. The molecule has 0 spiro atoms. The maximum Gasteiger partial charge on any atom is 0.140 e. The predicted octanol–water partition coefficient (Wildman–Crippen LogP) is 10.00. The topological polar surface area (TPSA) is 13.1 Å². The lowest BCUT2D eigenvalue weighted by Crippen LogP contribution is -2.65. The Morgan fingerprint density at radius 3 is 1.80 bits per heavy atom. The molecular formula is C42H40OSi. The Labute approximate surface area is 263 Å². The molecular weight excluding hydrogens is 549 g/mol. The molecule has 44 heavy (non-hydrogen) atoms. The average molecular weight is 589 g/mol. The minimum Gasteiger partial charge on any atom is -0.462 e. The van der Waals surface area contributed by atoms with Crippen LogP contribution in [-0.2, 0) is 0 Å². The van der Waals surface area contributed by atoms with Gasteiger partial charge < -0.3 is 4.42 Å². The molecule has 7 rings (SSSR count). The number of aryl methyl sites for hydroxylation is 1. The fourth-order valence-corrected chi connectivity index (χ4v) is 14.0. The van der Waals surface area contributed by atoms with Crippen molar-refractivity contribution in [1.29, 1.82) is 0 Å². The largest absolute Gasteiger partial charge is 0.462 e. The standard InChI is InChI=1S/C42H40OSi/c1-29-26-32(42(3,4)5)27-40(29)44(33-18-11-7-12-19-33,34-20-13-8-14-21-34)41-36-23-15-22-35(31-16-9-6-10-17-31)37(36)28-38(41)39-25-24-30(2)43-39/h6-28,40-41H,1-5H3. The van der Waals surface area contributed by atoms with Crippen molar-refractivity contribution < 1.29 is 4.42 Å². The van der Waals surface area contributed by atoms with Crippen LogP contribution in [0.2, 0.25) is 5.54 Å². The van der Waals surface area contributed by atoms with E-state index in [1.165, 1.54) is 49.3 Å². The van der Waals surface area contributed by atoms with E-state index >= 15 is 0 Å². The molecule has 1 aromatic heterocycles. The number of furan rings is 1. The van der Waals surface area contributed by atoms with Crippen LogP contribution in [0.3, 0.4) is 0 Å². The van der Waals surface area contributed by atoms with Crippen LogP contribution >= 0.6 is 0 Å². The van der Waals surface area contributed by atoms with Gasteiger partial charge >= 0.3 is 0 Å². The fourth-order valence-electron chi connectivity index (χ4n) is 7.68. The van der Waals surface area contributed by atoms with Gasteiger partial charge in [0.05, 0.1) is 0 Å². The lowest BCUT2D eigenvalue weighted by molar-refractivity contribution is 0.517. The molecule has 2 unspecified atom stereocenters. The third-order valence-corrected chi connectivity index (χ3v) is 15.4. The zero-order chi connectivity index (χ0) is 30.5. The molecule has 0 aliphatic heterocycles. The molecule has 2 atom stereocenters. The van der Waals surface area contributed by atoms with Crippen LogP contribution in [-0.4, -0.2) is 8.07 Å². The summed E-state index contributed by atoms with van der Waals surface area (Å²) in [7, 11) is -2.75. The van der Waals surface area contributed by atoms with Crippen molar-refractivity contribution in [2.75, 3.05) is 0 Å². The summed E-state index contributed by atoms with van der Waals surface area (Å²) in [5.41, 5.74) is 9.90. The number of benzene rings is 4. The summed E-state index contributed by atoms with van der Waals surface area (Å²) in [6.45, 7) is 11.4. The average Bonchev–Trinajstić information content (AvgIpc) is 3.76. The van der Waals surface area contributed by atoms with E-state index in [0.29, 0.717) is 0 Å². The Balaban J connectivity index is 1.61. The van der Waals surface area contributed by atoms with Crippen LogP contribution in [0.1, 0.15) is 55.9 Å². The normalized spacial score (nSPS) is 18.1. The summed E-state index contributed by atoms with van der Waals surface area (Å²) in [5, 5.41) is 2.90. The van der Waals surface area contributed by atoms with Crippen LogP contribution in [0, 0.1) is 12.3 Å². The first-order valence-electron chi connectivity index (χ1n) is 15.8. The van der Waals surface area contributed by atoms with Crippen molar-refractivity contribution in [2.24, 2.45) is 5.41 Å². The molecule has 2 aliphatic rings. The van der Waals surface area contributed by atoms with Crippen molar-refractivity contribution in [3.8, 4) is 11.1 Å². The Kier molecular flexibility index (Phi) is 7.06. The number of fused-ring (bicyclic) bond motifs is 1. The van der Waals surface area contributed by atoms with Gasteiger partial charge in [0.1, 0.15) is 19.6 Å². The quantitative estimate of drug-likeness (QED) is 0.180. The van der Waals surface area contributed by atoms with Gasteiger partial charge in [0.2, 0.25) is 0 Å². The van der Waals surface area contributed by atoms with E-state index in [4.69, 9.17) is 4.42 Å². The molecule has 0 radical (unpaired) electrons. The monoisotopic (exact) mass is 588 g/mol. The molecule has 0 saturated carbocycles. The molecule has 2 aliphatic carbocycles. The highest BCUT2D eigenvalue weighted by atomic mass is 28.3. The number of allylic oxidation sites excluding steroid dienone is 5. The van der Waals surface area contributed by atoms with E-state index in [1.807, 2.05) is 0 Å². The molecule has 0 saturated heterocycles. The third kappa shape index (κ3) is 4.60. The number of hydrogen-bond acceptors (Lipinski definition) is 1. The summed E-state index contributed by atoms with van der Waals surface area (Å²) < 4.78 is 6.53. The lowest BCUT2D eigenvalue weighted by atomic mass is 9.87. The van der Waals surface area contributed by atoms with Gasteiger partial charge in [-0.1, -0.05) is 158 Å². The van der Waals surface area contributed by atoms with E-state index in [1.54, 1.807) is 0 Å². The second-order valence-corrected chi connectivity index (χ2v) is 17.5. The summed E-state index contributed by atoms with van der Waals surface area (Å²) in [4.78, 5) is 0. The summed E-state index contributed by atoms with van der Waals surface area (Å²) >= 11 is 0. The lowest BCUT2D eigenvalue weighted by Gasteiger charge is -2.44. The van der Waals surface area contributed by atoms with Crippen LogP contribution in [0.15, 0.2) is 149 Å². The smallest absolute Gasteiger partial charge is 0.140 e. The van der Waals surface area contributed by atoms with Crippen LogP contribution in [0.25, 0.3) is 22.8 Å². The fraction of sp³-hybridized carbons (Fsp3) is 0.190. The van der Waals surface area contributed by atoms with Gasteiger partial charge in [-0.25, -0.2) is 0 Å². The summed E-state index contributed by atoms with van der Waals surface area (Å²) in [6.07, 6.45) is 7.57. The molecule has 1 heterocycles. The molecule has 218 valence electrons. The van der Waals surface area contributed by atoms with Crippen molar-refractivity contribution >= 4 is 30.1 Å². The van der Waals surface area contributed by atoms with Gasteiger partial charge in [-0.3, -0.25) is 0 Å². The minimum atomic E-state index is -2.75. The molecule has 5 aromatic rings. The third-order valence-electron chi connectivity index (χ3n) is 9.71. The highest BCUT2D eigenvalue weighted by molar-refractivity contribution is 7.06. The van der Waals surface area contributed by atoms with Gasteiger partial charge in [-0.05, 0) is 65.3 Å². The Morgan fingerprint density at radius 1 is 0.636 bits per heavy atom. The highest BCUT2D eigenvalue weighted by Gasteiger charge is 2.55. The molecule has 2 heteroatoms. The molecule has 4 aromatic carbocycles. The van der Waals surface area contributed by atoms with E-state index in [0.717, 1.165) is 11.5 Å². The van der Waals surface area contributed by atoms with Gasteiger partial charge in [0, 0.05) is 16.7 Å². The molecule has 0 N–H and O–H groups in total. The van der Waals surface area contributed by atoms with Gasteiger partial charge in [-0.2, -0.15) is 0 Å². The highest BCUT2D eigenvalue weighted by Crippen LogP contribution is 2.55. The Bertz CT molecular complexity index is 1860. The van der Waals surface area contributed by atoms with E-state index in [2.05, 4.69) is 174 Å². The van der Waals surface area contributed by atoms with Crippen molar-refractivity contribution in [3.05, 3.63) is 167 Å².